The summed E-state index contributed by atoms with van der Waals surface area (Å²) in [7, 11) is 0. The molecule has 2 rings (SSSR count). The average molecular weight is 330 g/mol. The molecule has 0 atom stereocenters. The summed E-state index contributed by atoms with van der Waals surface area (Å²) < 4.78 is 7.15. The number of aromatic amines is 1. The SMILES string of the molecule is S=c1ncc(Oc2cccc(I)c2)c[nH]1. The summed E-state index contributed by atoms with van der Waals surface area (Å²) in [5.74, 6) is 1.43. The summed E-state index contributed by atoms with van der Waals surface area (Å²) in [6.07, 6.45) is 3.29. The number of H-pyrrole nitrogens is 1. The standard InChI is InChI=1S/C10H7IN2OS/c11-7-2-1-3-8(4-7)14-9-5-12-10(15)13-6-9/h1-6H,(H,12,13,15). The summed E-state index contributed by atoms with van der Waals surface area (Å²) >= 11 is 7.07. The van der Waals surface area contributed by atoms with Crippen LogP contribution in [0.5, 0.6) is 11.5 Å². The molecular formula is C10H7IN2OS. The summed E-state index contributed by atoms with van der Waals surface area (Å²) in [5.41, 5.74) is 0. The Morgan fingerprint density at radius 1 is 1.33 bits per heavy atom. The lowest BCUT2D eigenvalue weighted by atomic mass is 10.3. The first-order valence-electron chi connectivity index (χ1n) is 4.22. The molecule has 1 heterocycles. The second-order valence-electron chi connectivity index (χ2n) is 2.81. The van der Waals surface area contributed by atoms with Crippen molar-refractivity contribution in [1.29, 1.82) is 0 Å². The number of rotatable bonds is 2. The smallest absolute Gasteiger partial charge is 0.196 e. The normalized spacial score (nSPS) is 9.93. The fraction of sp³-hybridized carbons (Fsp3) is 0. The first kappa shape index (κ1) is 10.6. The molecule has 1 aromatic carbocycles. The maximum Gasteiger partial charge on any atom is 0.196 e. The molecule has 2 aromatic rings. The number of halogens is 1. The minimum absolute atomic E-state index is 0.449. The minimum atomic E-state index is 0.449. The lowest BCUT2D eigenvalue weighted by molar-refractivity contribution is 0.477. The topological polar surface area (TPSA) is 37.9 Å². The van der Waals surface area contributed by atoms with E-state index in [-0.39, 0.29) is 0 Å². The second-order valence-corrected chi connectivity index (χ2v) is 4.45. The van der Waals surface area contributed by atoms with Crippen molar-refractivity contribution >= 4 is 34.8 Å². The fourth-order valence-electron chi connectivity index (χ4n) is 1.05. The van der Waals surface area contributed by atoms with Gasteiger partial charge in [-0.05, 0) is 53.0 Å². The molecule has 76 valence electrons. The van der Waals surface area contributed by atoms with Gasteiger partial charge < -0.3 is 9.72 Å². The zero-order valence-corrected chi connectivity index (χ0v) is 10.6. The van der Waals surface area contributed by atoms with E-state index in [0.717, 1.165) is 9.32 Å². The molecular weight excluding hydrogens is 323 g/mol. The van der Waals surface area contributed by atoms with Gasteiger partial charge in [-0.25, -0.2) is 4.98 Å². The van der Waals surface area contributed by atoms with Gasteiger partial charge in [-0.2, -0.15) is 0 Å². The number of aromatic nitrogens is 2. The zero-order chi connectivity index (χ0) is 10.7. The third-order valence-corrected chi connectivity index (χ3v) is 2.57. The predicted octanol–water partition coefficient (Wildman–Crippen LogP) is 3.54. The highest BCUT2D eigenvalue weighted by Crippen LogP contribution is 2.21. The Kier molecular flexibility index (Phi) is 3.32. The largest absolute Gasteiger partial charge is 0.454 e. The number of nitrogens with one attached hydrogen (secondary N) is 1. The Morgan fingerprint density at radius 2 is 2.20 bits per heavy atom. The molecule has 0 saturated heterocycles. The molecule has 0 fully saturated rings. The van der Waals surface area contributed by atoms with E-state index in [1.54, 1.807) is 12.4 Å². The van der Waals surface area contributed by atoms with Crippen LogP contribution in [0.1, 0.15) is 0 Å². The molecule has 1 N–H and O–H groups in total. The maximum atomic E-state index is 5.57. The van der Waals surface area contributed by atoms with Gasteiger partial charge in [0.15, 0.2) is 10.5 Å². The molecule has 1 aromatic heterocycles. The van der Waals surface area contributed by atoms with Crippen molar-refractivity contribution in [3.8, 4) is 11.5 Å². The van der Waals surface area contributed by atoms with Gasteiger partial charge in [-0.15, -0.1) is 0 Å². The minimum Gasteiger partial charge on any atom is -0.454 e. The van der Waals surface area contributed by atoms with E-state index in [1.165, 1.54) is 0 Å². The predicted molar refractivity (Wildman–Crippen MR) is 68.7 cm³/mol. The van der Waals surface area contributed by atoms with Gasteiger partial charge >= 0.3 is 0 Å². The third-order valence-electron chi connectivity index (χ3n) is 1.68. The van der Waals surface area contributed by atoms with Crippen LogP contribution < -0.4 is 4.74 Å². The van der Waals surface area contributed by atoms with Crippen molar-refractivity contribution in [1.82, 2.24) is 9.97 Å². The van der Waals surface area contributed by atoms with Crippen LogP contribution in [0.25, 0.3) is 0 Å². The maximum absolute atomic E-state index is 5.57. The van der Waals surface area contributed by atoms with Crippen LogP contribution >= 0.6 is 34.8 Å². The van der Waals surface area contributed by atoms with Crippen molar-refractivity contribution in [2.45, 2.75) is 0 Å². The molecule has 0 radical (unpaired) electrons. The highest BCUT2D eigenvalue weighted by atomic mass is 127. The van der Waals surface area contributed by atoms with Gasteiger partial charge in [-0.3, -0.25) is 0 Å². The molecule has 0 aliphatic heterocycles. The number of benzene rings is 1. The molecule has 0 saturated carbocycles. The Bertz CT molecular complexity index is 506. The van der Waals surface area contributed by atoms with Gasteiger partial charge in [0, 0.05) is 9.77 Å². The number of nitrogens with zero attached hydrogens (tertiary/aromatic N) is 1. The van der Waals surface area contributed by atoms with E-state index in [1.807, 2.05) is 24.3 Å². The van der Waals surface area contributed by atoms with Gasteiger partial charge in [0.05, 0.1) is 6.20 Å². The molecule has 0 spiro atoms. The van der Waals surface area contributed by atoms with Crippen LogP contribution in [-0.4, -0.2) is 9.97 Å². The molecule has 0 aliphatic carbocycles. The number of hydrogen-bond donors (Lipinski definition) is 1. The summed E-state index contributed by atoms with van der Waals surface area (Å²) in [5, 5.41) is 0. The van der Waals surface area contributed by atoms with Crippen molar-refractivity contribution < 1.29 is 4.74 Å². The van der Waals surface area contributed by atoms with Crippen LogP contribution in [0.4, 0.5) is 0 Å². The van der Waals surface area contributed by atoms with Crippen LogP contribution in [0.3, 0.4) is 0 Å². The summed E-state index contributed by atoms with van der Waals surface area (Å²) in [6, 6.07) is 7.78. The monoisotopic (exact) mass is 330 g/mol. The first-order valence-corrected chi connectivity index (χ1v) is 5.71. The molecule has 0 aliphatic rings. The second kappa shape index (κ2) is 4.71. The number of hydrogen-bond acceptors (Lipinski definition) is 3. The van der Waals surface area contributed by atoms with E-state index < -0.39 is 0 Å². The van der Waals surface area contributed by atoms with Crippen molar-refractivity contribution in [2.75, 3.05) is 0 Å². The van der Waals surface area contributed by atoms with Crippen LogP contribution in [0.15, 0.2) is 36.7 Å². The number of ether oxygens (including phenoxy) is 1. The molecule has 0 bridgehead atoms. The lowest BCUT2D eigenvalue weighted by Crippen LogP contribution is -1.87. The quantitative estimate of drug-likeness (QED) is 0.676. The van der Waals surface area contributed by atoms with E-state index in [0.29, 0.717) is 10.5 Å². The molecule has 5 heteroatoms. The highest BCUT2D eigenvalue weighted by molar-refractivity contribution is 14.1. The molecule has 0 unspecified atom stereocenters. The third kappa shape index (κ3) is 3.00. The zero-order valence-electron chi connectivity index (χ0n) is 7.61. The van der Waals surface area contributed by atoms with E-state index in [4.69, 9.17) is 17.0 Å². The van der Waals surface area contributed by atoms with Gasteiger partial charge in [-0.1, -0.05) is 6.07 Å². The lowest BCUT2D eigenvalue weighted by Gasteiger charge is -2.04. The van der Waals surface area contributed by atoms with Crippen LogP contribution in [-0.2, 0) is 0 Å². The average Bonchev–Trinajstić information content (AvgIpc) is 2.22. The summed E-state index contributed by atoms with van der Waals surface area (Å²) in [4.78, 5) is 6.74. The Hall–Kier alpha value is -0.950. The fourth-order valence-corrected chi connectivity index (χ4v) is 1.68. The van der Waals surface area contributed by atoms with E-state index in [9.17, 15) is 0 Å². The van der Waals surface area contributed by atoms with Crippen molar-refractivity contribution in [2.24, 2.45) is 0 Å². The van der Waals surface area contributed by atoms with Crippen LogP contribution in [0, 0.1) is 8.34 Å². The van der Waals surface area contributed by atoms with Crippen LogP contribution in [0.2, 0.25) is 0 Å². The van der Waals surface area contributed by atoms with Crippen molar-refractivity contribution in [3.05, 3.63) is 45.0 Å². The Morgan fingerprint density at radius 3 is 2.87 bits per heavy atom. The molecule has 15 heavy (non-hydrogen) atoms. The Balaban J connectivity index is 2.22. The van der Waals surface area contributed by atoms with E-state index >= 15 is 0 Å². The van der Waals surface area contributed by atoms with Crippen molar-refractivity contribution in [3.63, 3.8) is 0 Å². The van der Waals surface area contributed by atoms with Gasteiger partial charge in [0.1, 0.15) is 5.75 Å². The first-order chi connectivity index (χ1) is 7.24. The van der Waals surface area contributed by atoms with Gasteiger partial charge in [0.2, 0.25) is 0 Å². The van der Waals surface area contributed by atoms with E-state index in [2.05, 4.69) is 32.6 Å². The Labute approximate surface area is 106 Å². The molecule has 3 nitrogen and oxygen atoms in total. The highest BCUT2D eigenvalue weighted by Gasteiger charge is 1.97. The van der Waals surface area contributed by atoms with Gasteiger partial charge in [0.25, 0.3) is 0 Å². The summed E-state index contributed by atoms with van der Waals surface area (Å²) in [6.45, 7) is 0. The molecule has 0 amide bonds.